The number of nitrogens with zero attached hydrogens (tertiary/aromatic N) is 9. The fourth-order valence-electron chi connectivity index (χ4n) is 5.27. The standard InChI is InChI=1S/C32H45ClN10O7/c1-30(2,3)48-27(44)39-41-11-10-20(18-41)42-24-21(36-25(42)33)23(40-12-14-47-15-13-40)37-22(38-24)19-16-34-26(35-17-19)43(28(45)49-31(4,5)6)29(46)50-32(7,8)9/h16-17,20H,10-15,18H2,1-9H3,(H,39,44)/t20-/m0/s1. The van der Waals surface area contributed by atoms with Crippen LogP contribution < -0.4 is 15.2 Å². The van der Waals surface area contributed by atoms with Crippen molar-refractivity contribution in [3.05, 3.63) is 17.7 Å². The maximum absolute atomic E-state index is 13.1. The van der Waals surface area contributed by atoms with E-state index < -0.39 is 35.1 Å². The average Bonchev–Trinajstić information content (AvgIpc) is 3.57. The van der Waals surface area contributed by atoms with Crippen molar-refractivity contribution in [3.63, 3.8) is 0 Å². The fraction of sp³-hybridized carbons (Fsp3) is 0.625. The molecule has 0 radical (unpaired) electrons. The molecule has 5 heterocycles. The van der Waals surface area contributed by atoms with E-state index in [-0.39, 0.29) is 23.1 Å². The summed E-state index contributed by atoms with van der Waals surface area (Å²) in [6, 6.07) is -0.183. The second-order valence-corrected chi connectivity index (χ2v) is 15.3. The molecule has 2 saturated heterocycles. The van der Waals surface area contributed by atoms with Crippen molar-refractivity contribution < 1.29 is 33.3 Å². The van der Waals surface area contributed by atoms with Gasteiger partial charge in [0, 0.05) is 38.6 Å². The van der Waals surface area contributed by atoms with Crippen LogP contribution in [-0.4, -0.2) is 109 Å². The number of anilines is 2. The number of carbonyl (C=O) groups excluding carboxylic acids is 3. The Morgan fingerprint density at radius 2 is 1.44 bits per heavy atom. The monoisotopic (exact) mass is 716 g/mol. The van der Waals surface area contributed by atoms with Gasteiger partial charge in [0.2, 0.25) is 11.2 Å². The third kappa shape index (κ3) is 9.05. The summed E-state index contributed by atoms with van der Waals surface area (Å²) in [5.41, 5.74) is 1.77. The van der Waals surface area contributed by atoms with Crippen molar-refractivity contribution in [1.29, 1.82) is 0 Å². The van der Waals surface area contributed by atoms with Crippen LogP contribution in [0.1, 0.15) is 74.8 Å². The van der Waals surface area contributed by atoms with E-state index in [0.29, 0.717) is 73.3 Å². The highest BCUT2D eigenvalue weighted by molar-refractivity contribution is 6.29. The van der Waals surface area contributed by atoms with Crippen molar-refractivity contribution >= 4 is 52.8 Å². The molecule has 1 atom stereocenters. The van der Waals surface area contributed by atoms with Gasteiger partial charge in [0.15, 0.2) is 22.8 Å². The molecule has 0 aromatic carbocycles. The summed E-state index contributed by atoms with van der Waals surface area (Å²) in [5, 5.41) is 2.00. The normalized spacial score (nSPS) is 17.5. The van der Waals surface area contributed by atoms with Gasteiger partial charge in [-0.1, -0.05) is 0 Å². The summed E-state index contributed by atoms with van der Waals surface area (Å²) in [5.74, 6) is 0.582. The Morgan fingerprint density at radius 3 is 2.00 bits per heavy atom. The molecule has 272 valence electrons. The number of halogens is 1. The van der Waals surface area contributed by atoms with Crippen LogP contribution in [0.5, 0.6) is 0 Å². The summed E-state index contributed by atoms with van der Waals surface area (Å²) in [7, 11) is 0. The lowest BCUT2D eigenvalue weighted by Gasteiger charge is -2.28. The third-order valence-corrected chi connectivity index (χ3v) is 7.48. The van der Waals surface area contributed by atoms with Crippen molar-refractivity contribution in [2.24, 2.45) is 0 Å². The van der Waals surface area contributed by atoms with Gasteiger partial charge in [0.1, 0.15) is 16.8 Å². The van der Waals surface area contributed by atoms with Crippen LogP contribution in [0.25, 0.3) is 22.6 Å². The number of aromatic nitrogens is 6. The molecule has 0 bridgehead atoms. The second-order valence-electron chi connectivity index (χ2n) is 15.0. The molecule has 5 rings (SSSR count). The highest BCUT2D eigenvalue weighted by atomic mass is 35.5. The van der Waals surface area contributed by atoms with Crippen LogP contribution in [0, 0.1) is 0 Å². The number of hydrazine groups is 1. The topological polar surface area (TPSA) is 179 Å². The minimum atomic E-state index is -0.989. The van der Waals surface area contributed by atoms with Gasteiger partial charge in [-0.15, -0.1) is 4.90 Å². The first kappa shape index (κ1) is 36.9. The van der Waals surface area contributed by atoms with Gasteiger partial charge in [-0.3, -0.25) is 9.99 Å². The Morgan fingerprint density at radius 1 is 0.860 bits per heavy atom. The number of imide groups is 1. The van der Waals surface area contributed by atoms with Gasteiger partial charge >= 0.3 is 18.3 Å². The first-order chi connectivity index (χ1) is 23.3. The van der Waals surface area contributed by atoms with Crippen molar-refractivity contribution in [2.75, 3.05) is 49.2 Å². The summed E-state index contributed by atoms with van der Waals surface area (Å²) in [6.45, 7) is 18.6. The maximum atomic E-state index is 13.1. The molecule has 3 aromatic rings. The molecule has 17 nitrogen and oxygen atoms in total. The number of hydrogen-bond donors (Lipinski definition) is 1. The molecule has 2 aliphatic rings. The lowest BCUT2D eigenvalue weighted by Crippen LogP contribution is -2.44. The predicted molar refractivity (Wildman–Crippen MR) is 184 cm³/mol. The van der Waals surface area contributed by atoms with Crippen LogP contribution in [0.2, 0.25) is 5.28 Å². The molecule has 1 N–H and O–H groups in total. The van der Waals surface area contributed by atoms with Crippen LogP contribution in [0.4, 0.5) is 26.1 Å². The van der Waals surface area contributed by atoms with Crippen LogP contribution in [-0.2, 0) is 18.9 Å². The van der Waals surface area contributed by atoms with E-state index in [0.717, 1.165) is 0 Å². The molecular formula is C32H45ClN10O7. The van der Waals surface area contributed by atoms with E-state index in [2.05, 4.69) is 25.3 Å². The minimum absolute atomic E-state index is 0.183. The highest BCUT2D eigenvalue weighted by Gasteiger charge is 2.35. The minimum Gasteiger partial charge on any atom is -0.443 e. The first-order valence-corrected chi connectivity index (χ1v) is 16.8. The van der Waals surface area contributed by atoms with E-state index in [9.17, 15) is 14.4 Å². The Labute approximate surface area is 295 Å². The third-order valence-electron chi connectivity index (χ3n) is 7.21. The van der Waals surface area contributed by atoms with Crippen LogP contribution >= 0.6 is 11.6 Å². The highest BCUT2D eigenvalue weighted by Crippen LogP contribution is 2.34. The van der Waals surface area contributed by atoms with E-state index in [4.69, 9.17) is 40.5 Å². The van der Waals surface area contributed by atoms with Gasteiger partial charge in [-0.25, -0.2) is 44.3 Å². The molecular weight excluding hydrogens is 672 g/mol. The first-order valence-electron chi connectivity index (χ1n) is 16.4. The summed E-state index contributed by atoms with van der Waals surface area (Å²) >= 11 is 6.80. The van der Waals surface area contributed by atoms with Crippen LogP contribution in [0.3, 0.4) is 0 Å². The Hall–Kier alpha value is -4.35. The Balaban J connectivity index is 1.51. The van der Waals surface area contributed by atoms with E-state index in [1.165, 1.54) is 12.4 Å². The van der Waals surface area contributed by atoms with Crippen molar-refractivity contribution in [2.45, 2.75) is 91.6 Å². The second kappa shape index (κ2) is 14.1. The van der Waals surface area contributed by atoms with Gasteiger partial charge < -0.3 is 23.8 Å². The number of hydrogen-bond acceptors (Lipinski definition) is 14. The molecule has 50 heavy (non-hydrogen) atoms. The zero-order chi connectivity index (χ0) is 36.6. The van der Waals surface area contributed by atoms with E-state index in [1.807, 2.05) is 4.57 Å². The number of morpholine rings is 1. The average molecular weight is 717 g/mol. The quantitative estimate of drug-likeness (QED) is 0.271. The SMILES string of the molecule is CC(C)(C)OC(=O)NN1CC[C@H](n2c(Cl)nc3c(N4CCOCC4)nc(-c4cnc(N(C(=O)OC(C)(C)C)C(=O)OC(C)(C)C)nc4)nc32)C1. The van der Waals surface area contributed by atoms with Gasteiger partial charge in [0.05, 0.1) is 24.8 Å². The lowest BCUT2D eigenvalue weighted by molar-refractivity contribution is 0.0358. The lowest BCUT2D eigenvalue weighted by atomic mass is 10.2. The molecule has 18 heteroatoms. The molecule has 2 aliphatic heterocycles. The maximum Gasteiger partial charge on any atom is 0.427 e. The molecule has 0 aliphatic carbocycles. The zero-order valence-corrected chi connectivity index (χ0v) is 30.7. The largest absolute Gasteiger partial charge is 0.443 e. The fourth-order valence-corrected chi connectivity index (χ4v) is 5.57. The zero-order valence-electron chi connectivity index (χ0n) is 29.9. The molecule has 0 saturated carbocycles. The number of carbonyl (C=O) groups is 3. The summed E-state index contributed by atoms with van der Waals surface area (Å²) < 4.78 is 23.8. The number of ether oxygens (including phenoxy) is 4. The van der Waals surface area contributed by atoms with E-state index in [1.54, 1.807) is 67.3 Å². The number of fused-ring (bicyclic) bond motifs is 1. The molecule has 2 fully saturated rings. The molecule has 3 aromatic heterocycles. The van der Waals surface area contributed by atoms with Crippen LogP contribution in [0.15, 0.2) is 12.4 Å². The number of rotatable bonds is 5. The van der Waals surface area contributed by atoms with Crippen molar-refractivity contribution in [3.8, 4) is 11.4 Å². The smallest absolute Gasteiger partial charge is 0.427 e. The predicted octanol–water partition coefficient (Wildman–Crippen LogP) is 5.14. The number of imidazole rings is 1. The number of nitrogens with one attached hydrogen (secondary N) is 1. The number of amides is 3. The molecule has 3 amide bonds. The van der Waals surface area contributed by atoms with Gasteiger partial charge in [0.25, 0.3) is 0 Å². The summed E-state index contributed by atoms with van der Waals surface area (Å²) in [6.07, 6.45) is 0.960. The Bertz CT molecular complexity index is 1700. The Kier molecular flexibility index (Phi) is 10.4. The molecule has 0 spiro atoms. The van der Waals surface area contributed by atoms with Gasteiger partial charge in [-0.2, -0.15) is 0 Å². The van der Waals surface area contributed by atoms with Crippen molar-refractivity contribution in [1.82, 2.24) is 39.9 Å². The van der Waals surface area contributed by atoms with E-state index >= 15 is 0 Å². The molecule has 0 unspecified atom stereocenters. The van der Waals surface area contributed by atoms with Gasteiger partial charge in [-0.05, 0) is 80.3 Å². The summed E-state index contributed by atoms with van der Waals surface area (Å²) in [4.78, 5) is 64.6.